The van der Waals surface area contributed by atoms with Gasteiger partial charge in [-0.2, -0.15) is 0 Å². The van der Waals surface area contributed by atoms with Gasteiger partial charge in [0.1, 0.15) is 11.6 Å². The Hall–Kier alpha value is -4.93. The van der Waals surface area contributed by atoms with Gasteiger partial charge in [-0.1, -0.05) is 18.2 Å². The van der Waals surface area contributed by atoms with E-state index in [0.29, 0.717) is 30.0 Å². The van der Waals surface area contributed by atoms with Gasteiger partial charge in [-0.05, 0) is 55.0 Å². The van der Waals surface area contributed by atoms with Gasteiger partial charge in [0, 0.05) is 30.5 Å². The van der Waals surface area contributed by atoms with Gasteiger partial charge in [0.15, 0.2) is 5.96 Å². The molecule has 2 aromatic heterocycles. The molecule has 196 valence electrons. The van der Waals surface area contributed by atoms with E-state index >= 15 is 0 Å². The number of nitrogens with zero attached hydrogens (tertiary/aromatic N) is 5. The first kappa shape index (κ1) is 26.1. The number of fused-ring (bicyclic) bond motifs is 1. The van der Waals surface area contributed by atoms with E-state index in [1.165, 1.54) is 4.90 Å². The van der Waals surface area contributed by atoms with E-state index in [-0.39, 0.29) is 24.8 Å². The molecule has 0 saturated carbocycles. The number of guanidine groups is 1. The maximum atomic E-state index is 13.5. The van der Waals surface area contributed by atoms with Gasteiger partial charge in [-0.3, -0.25) is 14.5 Å². The van der Waals surface area contributed by atoms with Crippen molar-refractivity contribution in [2.24, 2.45) is 23.5 Å². The van der Waals surface area contributed by atoms with Crippen LogP contribution in [0, 0.1) is 6.92 Å². The molecule has 0 fully saturated rings. The third-order valence-corrected chi connectivity index (χ3v) is 6.01. The third kappa shape index (κ3) is 6.25. The van der Waals surface area contributed by atoms with E-state index in [0.717, 1.165) is 28.3 Å². The fourth-order valence-corrected chi connectivity index (χ4v) is 3.99. The highest BCUT2D eigenvalue weighted by Gasteiger charge is 2.21. The monoisotopic (exact) mass is 514 g/mol. The van der Waals surface area contributed by atoms with Crippen LogP contribution >= 0.6 is 0 Å². The van der Waals surface area contributed by atoms with Gasteiger partial charge in [0.05, 0.1) is 30.5 Å². The zero-order valence-corrected chi connectivity index (χ0v) is 21.3. The molecular formula is C27H30N8O3. The number of amides is 1. The van der Waals surface area contributed by atoms with Crippen molar-refractivity contribution < 1.29 is 14.7 Å². The number of hydrogen-bond donors (Lipinski definition) is 4. The predicted molar refractivity (Wildman–Crippen MR) is 147 cm³/mol. The Morgan fingerprint density at radius 1 is 1.08 bits per heavy atom. The van der Waals surface area contributed by atoms with Crippen LogP contribution in [-0.2, 0) is 24.9 Å². The van der Waals surface area contributed by atoms with Crippen molar-refractivity contribution in [1.29, 1.82) is 0 Å². The second kappa shape index (κ2) is 11.4. The molecule has 0 saturated heterocycles. The molecule has 0 aliphatic carbocycles. The number of carbonyl (C=O) groups is 2. The number of carboxylic acids is 1. The van der Waals surface area contributed by atoms with Crippen LogP contribution in [0.5, 0.6) is 0 Å². The summed E-state index contributed by atoms with van der Waals surface area (Å²) < 4.78 is 1.97. The molecule has 2 aromatic carbocycles. The van der Waals surface area contributed by atoms with E-state index in [2.05, 4.69) is 15.3 Å². The minimum absolute atomic E-state index is 0.00475. The molecule has 0 spiro atoms. The molecule has 0 aliphatic heterocycles. The number of carboxylic acid groups (broad SMARTS) is 1. The topological polar surface area (TPSA) is 165 Å². The average Bonchev–Trinajstić information content (AvgIpc) is 3.21. The highest BCUT2D eigenvalue weighted by Crippen LogP contribution is 2.22. The molecule has 0 unspecified atom stereocenters. The summed E-state index contributed by atoms with van der Waals surface area (Å²) >= 11 is 0. The van der Waals surface area contributed by atoms with Crippen LogP contribution in [0.25, 0.3) is 11.0 Å². The molecule has 2 heterocycles. The van der Waals surface area contributed by atoms with Gasteiger partial charge in [0.2, 0.25) is 0 Å². The Balaban J connectivity index is 1.52. The van der Waals surface area contributed by atoms with Crippen molar-refractivity contribution in [2.75, 3.05) is 16.8 Å². The number of aliphatic carboxylic acids is 1. The number of aliphatic imine (C=N–C) groups is 1. The minimum atomic E-state index is -0.990. The van der Waals surface area contributed by atoms with Crippen LogP contribution in [0.4, 0.5) is 11.5 Å². The van der Waals surface area contributed by atoms with E-state index in [1.807, 2.05) is 54.9 Å². The van der Waals surface area contributed by atoms with Gasteiger partial charge >= 0.3 is 5.97 Å². The predicted octanol–water partition coefficient (Wildman–Crippen LogP) is 2.78. The number of aromatic nitrogens is 3. The van der Waals surface area contributed by atoms with Crippen LogP contribution in [-0.4, -0.2) is 44.0 Å². The number of carbonyl (C=O) groups excluding carboxylic acids is 1. The molecule has 11 nitrogen and oxygen atoms in total. The Bertz CT molecular complexity index is 1490. The number of benzene rings is 2. The first-order valence-corrected chi connectivity index (χ1v) is 12.0. The fraction of sp³-hybridized carbons (Fsp3) is 0.222. The zero-order chi connectivity index (χ0) is 27.2. The molecule has 11 heteroatoms. The lowest BCUT2D eigenvalue weighted by Gasteiger charge is -2.21. The molecule has 0 bridgehead atoms. The Kier molecular flexibility index (Phi) is 7.86. The molecular weight excluding hydrogens is 484 g/mol. The molecule has 1 amide bonds. The van der Waals surface area contributed by atoms with Crippen LogP contribution < -0.4 is 21.7 Å². The summed E-state index contributed by atoms with van der Waals surface area (Å²) in [5.74, 6) is -0.0730. The maximum absolute atomic E-state index is 13.5. The van der Waals surface area contributed by atoms with Crippen molar-refractivity contribution in [3.8, 4) is 0 Å². The quantitative estimate of drug-likeness (QED) is 0.185. The lowest BCUT2D eigenvalue weighted by atomic mass is 10.1. The second-order valence-corrected chi connectivity index (χ2v) is 8.82. The summed E-state index contributed by atoms with van der Waals surface area (Å²) in [5, 5.41) is 12.5. The average molecular weight is 515 g/mol. The van der Waals surface area contributed by atoms with Crippen LogP contribution in [0.1, 0.15) is 33.9 Å². The largest absolute Gasteiger partial charge is 0.481 e. The number of anilines is 2. The van der Waals surface area contributed by atoms with Gasteiger partial charge in [-0.15, -0.1) is 0 Å². The summed E-state index contributed by atoms with van der Waals surface area (Å²) in [5.41, 5.74) is 15.4. The van der Waals surface area contributed by atoms with Crippen LogP contribution in [0.2, 0.25) is 0 Å². The first-order valence-electron chi connectivity index (χ1n) is 12.0. The Labute approximate surface area is 219 Å². The van der Waals surface area contributed by atoms with E-state index in [1.54, 1.807) is 24.3 Å². The van der Waals surface area contributed by atoms with E-state index in [9.17, 15) is 14.7 Å². The summed E-state index contributed by atoms with van der Waals surface area (Å²) in [4.78, 5) is 39.2. The lowest BCUT2D eigenvalue weighted by molar-refractivity contribution is -0.136. The molecule has 38 heavy (non-hydrogen) atoms. The highest BCUT2D eigenvalue weighted by molar-refractivity contribution is 6.07. The zero-order valence-electron chi connectivity index (χ0n) is 21.3. The number of nitrogens with two attached hydrogens (primary N) is 2. The number of aryl methyl sites for hydroxylation is 2. The molecule has 0 aliphatic rings. The van der Waals surface area contributed by atoms with Gasteiger partial charge < -0.3 is 26.5 Å². The Morgan fingerprint density at radius 3 is 2.53 bits per heavy atom. The maximum Gasteiger partial charge on any atom is 0.305 e. The number of nitrogens with one attached hydrogen (secondary N) is 1. The smallest absolute Gasteiger partial charge is 0.305 e. The first-order chi connectivity index (χ1) is 18.2. The number of rotatable bonds is 10. The molecule has 0 atom stereocenters. The standard InChI is InChI=1S/C27H30N8O3/c1-17-4-3-5-23(32-17)35(13-12-25(36)37)26(38)19-8-11-22-21(14-19)33-24(34(22)2)16-30-20-9-6-18(7-10-20)15-31-27(28)29/h3-11,14,30H,12-13,15-16H2,1-2H3,(H,36,37)(H4,28,29,31). The normalized spacial score (nSPS) is 10.8. The van der Waals surface area contributed by atoms with Gasteiger partial charge in [0.25, 0.3) is 5.91 Å². The molecule has 4 rings (SSSR count). The van der Waals surface area contributed by atoms with Gasteiger partial charge in [-0.25, -0.2) is 15.0 Å². The number of hydrogen-bond acceptors (Lipinski definition) is 6. The summed E-state index contributed by atoms with van der Waals surface area (Å²) in [6, 6.07) is 18.4. The van der Waals surface area contributed by atoms with E-state index in [4.69, 9.17) is 16.5 Å². The summed E-state index contributed by atoms with van der Waals surface area (Å²) in [7, 11) is 1.92. The number of pyridine rings is 1. The Morgan fingerprint density at radius 2 is 1.84 bits per heavy atom. The van der Waals surface area contributed by atoms with Crippen molar-refractivity contribution in [3.63, 3.8) is 0 Å². The minimum Gasteiger partial charge on any atom is -0.481 e. The van der Waals surface area contributed by atoms with Crippen LogP contribution in [0.15, 0.2) is 65.7 Å². The lowest BCUT2D eigenvalue weighted by Crippen LogP contribution is -2.33. The third-order valence-electron chi connectivity index (χ3n) is 6.01. The van der Waals surface area contributed by atoms with Crippen molar-refractivity contribution >= 4 is 40.4 Å². The van der Waals surface area contributed by atoms with Crippen molar-refractivity contribution in [2.45, 2.75) is 26.4 Å². The molecule has 6 N–H and O–H groups in total. The fourth-order valence-electron chi connectivity index (χ4n) is 3.99. The highest BCUT2D eigenvalue weighted by atomic mass is 16.4. The van der Waals surface area contributed by atoms with E-state index < -0.39 is 5.97 Å². The summed E-state index contributed by atoms with van der Waals surface area (Å²) in [6.45, 7) is 2.71. The van der Waals surface area contributed by atoms with Crippen LogP contribution in [0.3, 0.4) is 0 Å². The molecule has 0 radical (unpaired) electrons. The number of imidazole rings is 1. The second-order valence-electron chi connectivity index (χ2n) is 8.82. The molecule has 4 aromatic rings. The summed E-state index contributed by atoms with van der Waals surface area (Å²) in [6.07, 6.45) is -0.196. The van der Waals surface area contributed by atoms with Crippen molar-refractivity contribution in [1.82, 2.24) is 14.5 Å². The SMILES string of the molecule is Cc1cccc(N(CCC(=O)O)C(=O)c2ccc3c(c2)nc(CNc2ccc(CN=C(N)N)cc2)n3C)n1. The van der Waals surface area contributed by atoms with Crippen molar-refractivity contribution in [3.05, 3.63) is 83.3 Å².